The molecule has 0 aromatic heterocycles. The van der Waals surface area contributed by atoms with Crippen molar-refractivity contribution in [2.75, 3.05) is 19.6 Å². The van der Waals surface area contributed by atoms with Crippen molar-refractivity contribution in [3.63, 3.8) is 0 Å². The molecule has 15 heavy (non-hydrogen) atoms. The van der Waals surface area contributed by atoms with Crippen LogP contribution < -0.4 is 5.32 Å². The predicted octanol–water partition coefficient (Wildman–Crippen LogP) is 1.86. The molecule has 0 aromatic carbocycles. The second-order valence-electron chi connectivity index (χ2n) is 4.69. The molecule has 1 N–H and O–H groups in total. The van der Waals surface area contributed by atoms with Gasteiger partial charge < -0.3 is 5.32 Å². The minimum Gasteiger partial charge on any atom is -0.313 e. The molecule has 0 aliphatic carbocycles. The minimum atomic E-state index is 0.693. The molecule has 1 unspecified atom stereocenters. The number of nitrogens with one attached hydrogen (secondary N) is 1. The summed E-state index contributed by atoms with van der Waals surface area (Å²) in [5.74, 6) is 2.68. The van der Waals surface area contributed by atoms with E-state index in [1.165, 1.54) is 25.9 Å². The maximum atomic E-state index is 5.21. The van der Waals surface area contributed by atoms with Crippen molar-refractivity contribution < 1.29 is 0 Å². The largest absolute Gasteiger partial charge is 0.313 e. The Labute approximate surface area is 94.4 Å². The highest BCUT2D eigenvalue weighted by atomic mass is 15.2. The van der Waals surface area contributed by atoms with Crippen molar-refractivity contribution in [3.05, 3.63) is 0 Å². The summed E-state index contributed by atoms with van der Waals surface area (Å²) in [6, 6.07) is 1.40. The summed E-state index contributed by atoms with van der Waals surface area (Å²) < 4.78 is 0. The molecule has 2 nitrogen and oxygen atoms in total. The van der Waals surface area contributed by atoms with Crippen LogP contribution in [-0.2, 0) is 0 Å². The molecule has 1 saturated heterocycles. The van der Waals surface area contributed by atoms with Crippen LogP contribution in [0.4, 0.5) is 0 Å². The Bertz CT molecular complexity index is 205. The molecule has 0 amide bonds. The average Bonchev–Trinajstić information content (AvgIpc) is 2.66. The lowest BCUT2D eigenvalue weighted by molar-refractivity contribution is 0.268. The maximum absolute atomic E-state index is 5.21. The van der Waals surface area contributed by atoms with E-state index in [0.29, 0.717) is 12.1 Å². The van der Waals surface area contributed by atoms with Gasteiger partial charge in [0, 0.05) is 25.0 Å². The van der Waals surface area contributed by atoms with Crippen LogP contribution in [0.5, 0.6) is 0 Å². The fraction of sp³-hybridized carbons (Fsp3) is 0.846. The fourth-order valence-electron chi connectivity index (χ4n) is 2.08. The molecule has 0 spiro atoms. The fourth-order valence-corrected chi connectivity index (χ4v) is 2.08. The highest BCUT2D eigenvalue weighted by Gasteiger charge is 2.22. The molecular formula is C13H24N2. The number of unbranched alkanes of at least 4 members (excludes halogenated alkanes) is 2. The van der Waals surface area contributed by atoms with Gasteiger partial charge in [0.2, 0.25) is 0 Å². The van der Waals surface area contributed by atoms with E-state index in [1.54, 1.807) is 0 Å². The second kappa shape index (κ2) is 6.87. The van der Waals surface area contributed by atoms with Crippen LogP contribution in [0.3, 0.4) is 0 Å². The molecule has 1 atom stereocenters. The van der Waals surface area contributed by atoms with Gasteiger partial charge in [0.1, 0.15) is 0 Å². The van der Waals surface area contributed by atoms with Gasteiger partial charge in [-0.25, -0.2) is 0 Å². The molecular weight excluding hydrogens is 184 g/mol. The molecule has 0 bridgehead atoms. The van der Waals surface area contributed by atoms with Crippen LogP contribution in [0.15, 0.2) is 0 Å². The Hall–Kier alpha value is -0.520. The molecule has 2 heteroatoms. The number of hydrogen-bond donors (Lipinski definition) is 1. The first kappa shape index (κ1) is 12.5. The lowest BCUT2D eigenvalue weighted by Gasteiger charge is -2.20. The summed E-state index contributed by atoms with van der Waals surface area (Å²) in [6.45, 7) is 8.13. The summed E-state index contributed by atoms with van der Waals surface area (Å²) in [5, 5.41) is 3.62. The van der Waals surface area contributed by atoms with E-state index in [1.807, 2.05) is 0 Å². The Morgan fingerprint density at radius 3 is 2.87 bits per heavy atom. The topological polar surface area (TPSA) is 15.3 Å². The standard InChI is InChI=1S/C13H24N2/c1-4-5-6-7-9-14-13-8-10-15(11-13)12(2)3/h1,12-14H,5-11H2,2-3H3. The molecule has 1 fully saturated rings. The highest BCUT2D eigenvalue weighted by Crippen LogP contribution is 2.12. The van der Waals surface area contributed by atoms with Crippen LogP contribution >= 0.6 is 0 Å². The van der Waals surface area contributed by atoms with Crippen molar-refractivity contribution in [2.45, 2.75) is 51.6 Å². The van der Waals surface area contributed by atoms with E-state index < -0.39 is 0 Å². The van der Waals surface area contributed by atoms with Crippen LogP contribution in [0.1, 0.15) is 39.5 Å². The van der Waals surface area contributed by atoms with E-state index in [0.717, 1.165) is 19.4 Å². The van der Waals surface area contributed by atoms with E-state index in [4.69, 9.17) is 6.42 Å². The first-order chi connectivity index (χ1) is 7.24. The summed E-state index contributed by atoms with van der Waals surface area (Å²) in [6.07, 6.45) is 9.79. The highest BCUT2D eigenvalue weighted by molar-refractivity contribution is 4.84. The molecule has 86 valence electrons. The molecule has 0 radical (unpaired) electrons. The number of nitrogens with zero attached hydrogens (tertiary/aromatic N) is 1. The van der Waals surface area contributed by atoms with Gasteiger partial charge in [-0.3, -0.25) is 4.90 Å². The lowest BCUT2D eigenvalue weighted by atomic mass is 10.2. The second-order valence-corrected chi connectivity index (χ2v) is 4.69. The van der Waals surface area contributed by atoms with Gasteiger partial charge in [-0.2, -0.15) is 0 Å². The summed E-state index contributed by atoms with van der Waals surface area (Å²) in [7, 11) is 0. The molecule has 1 heterocycles. The smallest absolute Gasteiger partial charge is 0.0207 e. The number of likely N-dealkylation sites (tertiary alicyclic amines) is 1. The number of terminal acetylenes is 1. The van der Waals surface area contributed by atoms with Gasteiger partial charge in [0.25, 0.3) is 0 Å². The SMILES string of the molecule is C#CCCCCNC1CCN(C(C)C)C1. The molecule has 0 saturated carbocycles. The Morgan fingerprint density at radius 2 is 2.27 bits per heavy atom. The van der Waals surface area contributed by atoms with Gasteiger partial charge in [0.15, 0.2) is 0 Å². The monoisotopic (exact) mass is 208 g/mol. The third kappa shape index (κ3) is 4.68. The Kier molecular flexibility index (Phi) is 5.75. The average molecular weight is 208 g/mol. The van der Waals surface area contributed by atoms with Crippen molar-refractivity contribution in [3.8, 4) is 12.3 Å². The minimum absolute atomic E-state index is 0.693. The van der Waals surface area contributed by atoms with Gasteiger partial charge in [-0.1, -0.05) is 0 Å². The first-order valence-electron chi connectivity index (χ1n) is 6.15. The van der Waals surface area contributed by atoms with E-state index in [9.17, 15) is 0 Å². The summed E-state index contributed by atoms with van der Waals surface area (Å²) in [5.41, 5.74) is 0. The third-order valence-electron chi connectivity index (χ3n) is 3.13. The van der Waals surface area contributed by atoms with Crippen molar-refractivity contribution in [1.29, 1.82) is 0 Å². The number of hydrogen-bond acceptors (Lipinski definition) is 2. The van der Waals surface area contributed by atoms with Crippen LogP contribution in [0.25, 0.3) is 0 Å². The normalized spacial score (nSPS) is 22.1. The van der Waals surface area contributed by atoms with E-state index in [-0.39, 0.29) is 0 Å². The predicted molar refractivity (Wildman–Crippen MR) is 65.8 cm³/mol. The van der Waals surface area contributed by atoms with Crippen molar-refractivity contribution in [1.82, 2.24) is 10.2 Å². The summed E-state index contributed by atoms with van der Waals surface area (Å²) >= 11 is 0. The zero-order valence-corrected chi connectivity index (χ0v) is 10.1. The number of rotatable bonds is 6. The van der Waals surface area contributed by atoms with Gasteiger partial charge in [-0.15, -0.1) is 12.3 Å². The van der Waals surface area contributed by atoms with Gasteiger partial charge >= 0.3 is 0 Å². The Balaban J connectivity index is 2.02. The molecule has 1 rings (SSSR count). The van der Waals surface area contributed by atoms with Crippen LogP contribution in [0, 0.1) is 12.3 Å². The zero-order chi connectivity index (χ0) is 11.1. The third-order valence-corrected chi connectivity index (χ3v) is 3.13. The molecule has 1 aliphatic rings. The van der Waals surface area contributed by atoms with Crippen LogP contribution in [-0.4, -0.2) is 36.6 Å². The Morgan fingerprint density at radius 1 is 1.47 bits per heavy atom. The molecule has 0 aromatic rings. The van der Waals surface area contributed by atoms with Crippen LogP contribution in [0.2, 0.25) is 0 Å². The van der Waals surface area contributed by atoms with Gasteiger partial charge in [-0.05, 0) is 46.2 Å². The van der Waals surface area contributed by atoms with E-state index in [2.05, 4.69) is 30.0 Å². The van der Waals surface area contributed by atoms with Gasteiger partial charge in [0.05, 0.1) is 0 Å². The zero-order valence-electron chi connectivity index (χ0n) is 10.1. The quantitative estimate of drug-likeness (QED) is 0.529. The first-order valence-corrected chi connectivity index (χ1v) is 6.15. The summed E-state index contributed by atoms with van der Waals surface area (Å²) in [4.78, 5) is 2.54. The van der Waals surface area contributed by atoms with Crippen molar-refractivity contribution in [2.24, 2.45) is 0 Å². The molecule has 1 aliphatic heterocycles. The lowest BCUT2D eigenvalue weighted by Crippen LogP contribution is -2.35. The van der Waals surface area contributed by atoms with E-state index >= 15 is 0 Å². The maximum Gasteiger partial charge on any atom is 0.0207 e. The van der Waals surface area contributed by atoms with Crippen molar-refractivity contribution >= 4 is 0 Å².